The summed E-state index contributed by atoms with van der Waals surface area (Å²) in [5.41, 5.74) is 5.07. The van der Waals surface area contributed by atoms with E-state index in [1.807, 2.05) is 0 Å². The molecule has 0 unspecified atom stereocenters. The van der Waals surface area contributed by atoms with Crippen molar-refractivity contribution in [3.05, 3.63) is 23.5 Å². The number of carbonyl (C=O) groups excluding carboxylic acids is 1. The van der Waals surface area contributed by atoms with Gasteiger partial charge in [-0.2, -0.15) is 0 Å². The van der Waals surface area contributed by atoms with Crippen LogP contribution in [0.3, 0.4) is 0 Å². The first kappa shape index (κ1) is 6.36. The van der Waals surface area contributed by atoms with E-state index in [4.69, 9.17) is 5.73 Å². The number of hydrogen-bond acceptors (Lipinski definition) is 3. The summed E-state index contributed by atoms with van der Waals surface area (Å²) in [5.74, 6) is -0.402. The van der Waals surface area contributed by atoms with Crippen molar-refractivity contribution in [1.82, 2.24) is 9.38 Å². The lowest BCUT2D eigenvalue weighted by Gasteiger charge is -1.80. The van der Waals surface area contributed by atoms with Crippen LogP contribution in [0.4, 0.5) is 0 Å². The summed E-state index contributed by atoms with van der Waals surface area (Å²) < 4.78 is 1.77. The van der Waals surface area contributed by atoms with Crippen molar-refractivity contribution in [2.24, 2.45) is 5.73 Å². The number of amides is 1. The summed E-state index contributed by atoms with van der Waals surface area (Å²) in [6.45, 7) is 0. The molecule has 2 aromatic rings. The number of aromatic nitrogens is 2. The van der Waals surface area contributed by atoms with E-state index in [9.17, 15) is 4.79 Å². The maximum atomic E-state index is 10.7. The van der Waals surface area contributed by atoms with Crippen molar-refractivity contribution in [1.29, 1.82) is 0 Å². The fourth-order valence-corrected chi connectivity index (χ4v) is 1.64. The Kier molecular flexibility index (Phi) is 1.19. The van der Waals surface area contributed by atoms with Crippen LogP contribution in [0, 0.1) is 0 Å². The molecule has 2 aromatic heterocycles. The SMILES string of the molecule is NC(=O)c1cn2ccnc2s1. The second-order valence-electron chi connectivity index (χ2n) is 2.08. The summed E-state index contributed by atoms with van der Waals surface area (Å²) in [5, 5.41) is 0. The molecule has 2 rings (SSSR count). The maximum Gasteiger partial charge on any atom is 0.260 e. The minimum absolute atomic E-state index is 0.402. The number of fused-ring (bicyclic) bond motifs is 1. The van der Waals surface area contributed by atoms with Crippen molar-refractivity contribution in [3.63, 3.8) is 0 Å². The highest BCUT2D eigenvalue weighted by molar-refractivity contribution is 7.18. The third-order valence-corrected chi connectivity index (χ3v) is 2.36. The first-order chi connectivity index (χ1) is 5.27. The fourth-order valence-electron chi connectivity index (χ4n) is 0.842. The second kappa shape index (κ2) is 2.06. The summed E-state index contributed by atoms with van der Waals surface area (Å²) in [6, 6.07) is 0. The average molecular weight is 167 g/mol. The number of nitrogens with two attached hydrogens (primary N) is 1. The molecule has 2 heterocycles. The van der Waals surface area contributed by atoms with E-state index in [1.54, 1.807) is 23.0 Å². The Morgan fingerprint density at radius 1 is 1.73 bits per heavy atom. The van der Waals surface area contributed by atoms with Gasteiger partial charge in [0, 0.05) is 18.6 Å². The quantitative estimate of drug-likeness (QED) is 0.672. The van der Waals surface area contributed by atoms with E-state index >= 15 is 0 Å². The lowest BCUT2D eigenvalue weighted by Crippen LogP contribution is -2.08. The van der Waals surface area contributed by atoms with E-state index in [0.29, 0.717) is 4.88 Å². The Bertz CT molecular complexity index is 374. The van der Waals surface area contributed by atoms with E-state index in [2.05, 4.69) is 4.98 Å². The summed E-state index contributed by atoms with van der Waals surface area (Å²) in [7, 11) is 0. The second-order valence-corrected chi connectivity index (χ2v) is 3.09. The zero-order valence-electron chi connectivity index (χ0n) is 5.52. The predicted molar refractivity (Wildman–Crippen MR) is 41.6 cm³/mol. The first-order valence-electron chi connectivity index (χ1n) is 2.99. The molecule has 0 saturated heterocycles. The monoisotopic (exact) mass is 167 g/mol. The highest BCUT2D eigenvalue weighted by Crippen LogP contribution is 2.14. The van der Waals surface area contributed by atoms with Gasteiger partial charge in [0.25, 0.3) is 5.91 Å². The van der Waals surface area contributed by atoms with Gasteiger partial charge in [-0.15, -0.1) is 0 Å². The van der Waals surface area contributed by atoms with Crippen molar-refractivity contribution >= 4 is 22.2 Å². The van der Waals surface area contributed by atoms with Gasteiger partial charge in [-0.05, 0) is 0 Å². The van der Waals surface area contributed by atoms with Crippen molar-refractivity contribution in [2.45, 2.75) is 0 Å². The molecule has 4 nitrogen and oxygen atoms in total. The molecule has 0 aliphatic rings. The van der Waals surface area contributed by atoms with Crippen LogP contribution in [-0.4, -0.2) is 15.3 Å². The number of thiazole rings is 1. The Morgan fingerprint density at radius 3 is 3.18 bits per heavy atom. The lowest BCUT2D eigenvalue weighted by atomic mass is 10.5. The van der Waals surface area contributed by atoms with Crippen LogP contribution in [0.5, 0.6) is 0 Å². The van der Waals surface area contributed by atoms with Gasteiger partial charge in [0.2, 0.25) is 0 Å². The van der Waals surface area contributed by atoms with Crippen molar-refractivity contribution in [2.75, 3.05) is 0 Å². The van der Waals surface area contributed by atoms with Crippen LogP contribution >= 0.6 is 11.3 Å². The molecule has 11 heavy (non-hydrogen) atoms. The largest absolute Gasteiger partial charge is 0.365 e. The van der Waals surface area contributed by atoms with E-state index < -0.39 is 5.91 Å². The van der Waals surface area contributed by atoms with Gasteiger partial charge in [-0.3, -0.25) is 9.20 Å². The number of primary amides is 1. The molecule has 0 spiro atoms. The Morgan fingerprint density at radius 2 is 2.55 bits per heavy atom. The normalized spacial score (nSPS) is 10.5. The van der Waals surface area contributed by atoms with E-state index in [0.717, 1.165) is 4.96 Å². The van der Waals surface area contributed by atoms with Gasteiger partial charge >= 0.3 is 0 Å². The molecule has 0 aliphatic heterocycles. The van der Waals surface area contributed by atoms with E-state index in [-0.39, 0.29) is 0 Å². The lowest BCUT2D eigenvalue weighted by molar-refractivity contribution is 0.100. The Hall–Kier alpha value is -1.36. The van der Waals surface area contributed by atoms with Gasteiger partial charge in [0.05, 0.1) is 0 Å². The minimum Gasteiger partial charge on any atom is -0.365 e. The molecular formula is C6H5N3OS. The topological polar surface area (TPSA) is 60.4 Å². The molecule has 0 aliphatic carbocycles. The van der Waals surface area contributed by atoms with Crippen LogP contribution in [0.2, 0.25) is 0 Å². The smallest absolute Gasteiger partial charge is 0.260 e. The minimum atomic E-state index is -0.402. The summed E-state index contributed by atoms with van der Waals surface area (Å²) in [6.07, 6.45) is 5.13. The highest BCUT2D eigenvalue weighted by atomic mass is 32.1. The summed E-state index contributed by atoms with van der Waals surface area (Å²) in [4.78, 5) is 16.0. The third-order valence-electron chi connectivity index (χ3n) is 1.33. The molecule has 56 valence electrons. The van der Waals surface area contributed by atoms with Crippen molar-refractivity contribution < 1.29 is 4.79 Å². The van der Waals surface area contributed by atoms with Gasteiger partial charge < -0.3 is 5.73 Å². The number of rotatable bonds is 1. The first-order valence-corrected chi connectivity index (χ1v) is 3.81. The molecule has 0 saturated carbocycles. The summed E-state index contributed by atoms with van der Waals surface area (Å²) >= 11 is 1.29. The van der Waals surface area contributed by atoms with E-state index in [1.165, 1.54) is 11.3 Å². The number of imidazole rings is 1. The van der Waals surface area contributed by atoms with Gasteiger partial charge in [-0.25, -0.2) is 4.98 Å². The van der Waals surface area contributed by atoms with Crippen LogP contribution < -0.4 is 5.73 Å². The predicted octanol–water partition coefficient (Wildman–Crippen LogP) is 0.495. The van der Waals surface area contributed by atoms with Crippen LogP contribution in [0.1, 0.15) is 9.67 Å². The Balaban J connectivity index is 2.67. The zero-order chi connectivity index (χ0) is 7.84. The number of nitrogens with zero attached hydrogens (tertiary/aromatic N) is 2. The number of carbonyl (C=O) groups is 1. The fraction of sp³-hybridized carbons (Fsp3) is 0. The van der Waals surface area contributed by atoms with Gasteiger partial charge in [-0.1, -0.05) is 11.3 Å². The van der Waals surface area contributed by atoms with Crippen LogP contribution in [0.25, 0.3) is 4.96 Å². The van der Waals surface area contributed by atoms with Crippen LogP contribution in [-0.2, 0) is 0 Å². The molecule has 5 heteroatoms. The zero-order valence-corrected chi connectivity index (χ0v) is 6.34. The molecular weight excluding hydrogens is 162 g/mol. The van der Waals surface area contributed by atoms with Crippen molar-refractivity contribution in [3.8, 4) is 0 Å². The highest BCUT2D eigenvalue weighted by Gasteiger charge is 2.05. The van der Waals surface area contributed by atoms with Crippen LogP contribution in [0.15, 0.2) is 18.6 Å². The molecule has 0 atom stereocenters. The maximum absolute atomic E-state index is 10.7. The molecule has 0 fully saturated rings. The molecule has 0 aromatic carbocycles. The van der Waals surface area contributed by atoms with Gasteiger partial charge in [0.15, 0.2) is 4.96 Å². The molecule has 1 amide bonds. The third kappa shape index (κ3) is 0.894. The molecule has 0 radical (unpaired) electrons. The molecule has 2 N–H and O–H groups in total. The Labute approximate surface area is 66.3 Å². The van der Waals surface area contributed by atoms with Gasteiger partial charge in [0.1, 0.15) is 4.88 Å². The molecule has 0 bridgehead atoms. The standard InChI is InChI=1S/C6H5N3OS/c7-5(10)4-3-9-2-1-8-6(9)11-4/h1-3H,(H2,7,10). The average Bonchev–Trinajstić information content (AvgIpc) is 2.40. The number of hydrogen-bond donors (Lipinski definition) is 1.